The molecule has 0 bridgehead atoms. The molecule has 1 heterocycles. The van der Waals surface area contributed by atoms with Gasteiger partial charge >= 0.3 is 0 Å². The van der Waals surface area contributed by atoms with Gasteiger partial charge in [0, 0.05) is 25.2 Å². The van der Waals surface area contributed by atoms with E-state index in [9.17, 15) is 18.0 Å². The number of carbonyl (C=O) groups is 2. The zero-order chi connectivity index (χ0) is 21.4. The van der Waals surface area contributed by atoms with E-state index in [-0.39, 0.29) is 24.1 Å². The fraction of sp³-hybridized carbons (Fsp3) is 0.579. The fourth-order valence-corrected chi connectivity index (χ4v) is 4.19. The minimum Gasteiger partial charge on any atom is -0.497 e. The molecular formula is C19H29N3O6S. The lowest BCUT2D eigenvalue weighted by molar-refractivity contribution is -0.123. The summed E-state index contributed by atoms with van der Waals surface area (Å²) in [5.74, 6) is -0.550. The maximum Gasteiger partial charge on any atom is 0.251 e. The molecule has 1 unspecified atom stereocenters. The molecule has 2 N–H and O–H groups in total. The maximum absolute atomic E-state index is 12.5. The Labute approximate surface area is 171 Å². The highest BCUT2D eigenvalue weighted by atomic mass is 32.2. The molecule has 0 aliphatic carbocycles. The van der Waals surface area contributed by atoms with Crippen molar-refractivity contribution in [2.45, 2.75) is 19.9 Å². The molecule has 0 saturated carbocycles. The molecule has 0 aromatic heterocycles. The molecule has 1 aromatic carbocycles. The monoisotopic (exact) mass is 427 g/mol. The SMILES string of the molecule is COc1ccc(C(=O)NC(C(=O)NCCS(=O)(=O)N2CCOCC2)C(C)C)cc1. The largest absolute Gasteiger partial charge is 0.497 e. The van der Waals surface area contributed by atoms with Crippen molar-refractivity contribution in [1.82, 2.24) is 14.9 Å². The van der Waals surface area contributed by atoms with Gasteiger partial charge in [-0.05, 0) is 30.2 Å². The van der Waals surface area contributed by atoms with E-state index in [4.69, 9.17) is 9.47 Å². The number of rotatable bonds is 9. The minimum absolute atomic E-state index is 0.0276. The van der Waals surface area contributed by atoms with Gasteiger partial charge in [0.25, 0.3) is 5.91 Å². The Hall–Kier alpha value is -2.17. The second-order valence-corrected chi connectivity index (χ2v) is 9.13. The Balaban J connectivity index is 1.90. The van der Waals surface area contributed by atoms with Gasteiger partial charge < -0.3 is 20.1 Å². The van der Waals surface area contributed by atoms with Crippen LogP contribution in [0.4, 0.5) is 0 Å². The van der Waals surface area contributed by atoms with Crippen molar-refractivity contribution >= 4 is 21.8 Å². The summed E-state index contributed by atoms with van der Waals surface area (Å²) < 4.78 is 36.2. The molecule has 1 fully saturated rings. The van der Waals surface area contributed by atoms with Crippen LogP contribution < -0.4 is 15.4 Å². The van der Waals surface area contributed by atoms with Crippen molar-refractivity contribution in [3.63, 3.8) is 0 Å². The molecular weight excluding hydrogens is 398 g/mol. The predicted molar refractivity (Wildman–Crippen MR) is 108 cm³/mol. The summed E-state index contributed by atoms with van der Waals surface area (Å²) >= 11 is 0. The molecule has 0 spiro atoms. The Morgan fingerprint density at radius 1 is 1.17 bits per heavy atom. The number of hydrogen-bond donors (Lipinski definition) is 2. The van der Waals surface area contributed by atoms with Crippen molar-refractivity contribution in [1.29, 1.82) is 0 Å². The summed E-state index contributed by atoms with van der Waals surface area (Å²) in [6.45, 7) is 4.98. The zero-order valence-corrected chi connectivity index (χ0v) is 17.8. The van der Waals surface area contributed by atoms with Crippen LogP contribution in [0, 0.1) is 5.92 Å². The number of sulfonamides is 1. The van der Waals surface area contributed by atoms with Gasteiger partial charge in [-0.15, -0.1) is 0 Å². The Morgan fingerprint density at radius 3 is 2.34 bits per heavy atom. The third-order valence-corrected chi connectivity index (χ3v) is 6.48. The molecule has 2 rings (SSSR count). The van der Waals surface area contributed by atoms with Gasteiger partial charge in [0.15, 0.2) is 0 Å². The van der Waals surface area contributed by atoms with Crippen LogP contribution in [-0.2, 0) is 19.6 Å². The second kappa shape index (κ2) is 10.6. The molecule has 1 saturated heterocycles. The van der Waals surface area contributed by atoms with E-state index >= 15 is 0 Å². The van der Waals surface area contributed by atoms with Crippen molar-refractivity contribution in [3.8, 4) is 5.75 Å². The topological polar surface area (TPSA) is 114 Å². The summed E-state index contributed by atoms with van der Waals surface area (Å²) in [4.78, 5) is 25.0. The van der Waals surface area contributed by atoms with Gasteiger partial charge in [0.2, 0.25) is 15.9 Å². The van der Waals surface area contributed by atoms with Gasteiger partial charge in [0.1, 0.15) is 11.8 Å². The Morgan fingerprint density at radius 2 is 1.79 bits per heavy atom. The van der Waals surface area contributed by atoms with Crippen LogP contribution in [-0.4, -0.2) is 76.3 Å². The average molecular weight is 428 g/mol. The second-order valence-electron chi connectivity index (χ2n) is 7.04. The normalized spacial score (nSPS) is 16.3. The van der Waals surface area contributed by atoms with Gasteiger partial charge in [-0.1, -0.05) is 13.8 Å². The molecule has 1 aliphatic heterocycles. The third kappa shape index (κ3) is 6.69. The molecule has 162 valence electrons. The summed E-state index contributed by atoms with van der Waals surface area (Å²) in [6.07, 6.45) is 0. The van der Waals surface area contributed by atoms with E-state index in [2.05, 4.69) is 10.6 Å². The third-order valence-electron chi connectivity index (χ3n) is 4.61. The summed E-state index contributed by atoms with van der Waals surface area (Å²) in [5.41, 5.74) is 0.402. The average Bonchev–Trinajstić information content (AvgIpc) is 2.72. The highest BCUT2D eigenvalue weighted by Crippen LogP contribution is 2.12. The summed E-state index contributed by atoms with van der Waals surface area (Å²) in [7, 11) is -1.92. The van der Waals surface area contributed by atoms with Gasteiger partial charge in [-0.2, -0.15) is 4.31 Å². The maximum atomic E-state index is 12.5. The number of ether oxygens (including phenoxy) is 2. The van der Waals surface area contributed by atoms with Crippen molar-refractivity contribution in [2.24, 2.45) is 5.92 Å². The number of nitrogens with one attached hydrogen (secondary N) is 2. The molecule has 2 amide bonds. The van der Waals surface area contributed by atoms with Crippen LogP contribution in [0.15, 0.2) is 24.3 Å². The number of methoxy groups -OCH3 is 1. The number of hydrogen-bond acceptors (Lipinski definition) is 6. The van der Waals surface area contributed by atoms with E-state index in [0.29, 0.717) is 37.6 Å². The van der Waals surface area contributed by atoms with Gasteiger partial charge in [-0.25, -0.2) is 8.42 Å². The predicted octanol–water partition coefficient (Wildman–Crippen LogP) is 0.228. The van der Waals surface area contributed by atoms with Gasteiger partial charge in [0.05, 0.1) is 26.1 Å². The quantitative estimate of drug-likeness (QED) is 0.583. The van der Waals surface area contributed by atoms with E-state index < -0.39 is 22.0 Å². The van der Waals surface area contributed by atoms with Crippen molar-refractivity contribution in [2.75, 3.05) is 45.7 Å². The lowest BCUT2D eigenvalue weighted by Gasteiger charge is -2.26. The van der Waals surface area contributed by atoms with Crippen LogP contribution in [0.2, 0.25) is 0 Å². The number of nitrogens with zero attached hydrogens (tertiary/aromatic N) is 1. The number of carbonyl (C=O) groups excluding carboxylic acids is 2. The molecule has 9 nitrogen and oxygen atoms in total. The van der Waals surface area contributed by atoms with E-state index in [1.54, 1.807) is 24.3 Å². The first kappa shape index (κ1) is 23.1. The number of benzene rings is 1. The van der Waals surface area contributed by atoms with E-state index in [1.807, 2.05) is 13.8 Å². The Kier molecular flexibility index (Phi) is 8.42. The molecule has 1 aromatic rings. The molecule has 29 heavy (non-hydrogen) atoms. The summed E-state index contributed by atoms with van der Waals surface area (Å²) in [6, 6.07) is 5.76. The lowest BCUT2D eigenvalue weighted by atomic mass is 10.0. The Bertz CT molecular complexity index is 789. The zero-order valence-electron chi connectivity index (χ0n) is 17.0. The van der Waals surface area contributed by atoms with Crippen LogP contribution in [0.25, 0.3) is 0 Å². The first-order valence-corrected chi connectivity index (χ1v) is 11.1. The lowest BCUT2D eigenvalue weighted by Crippen LogP contribution is -2.51. The van der Waals surface area contributed by atoms with Crippen LogP contribution in [0.3, 0.4) is 0 Å². The molecule has 0 radical (unpaired) electrons. The highest BCUT2D eigenvalue weighted by Gasteiger charge is 2.27. The standard InChI is InChI=1S/C19H29N3O6S/c1-14(2)17(21-18(23)15-4-6-16(27-3)7-5-15)19(24)20-8-13-29(25,26)22-9-11-28-12-10-22/h4-7,14,17H,8-13H2,1-3H3,(H,20,24)(H,21,23). The first-order valence-electron chi connectivity index (χ1n) is 9.53. The highest BCUT2D eigenvalue weighted by molar-refractivity contribution is 7.89. The smallest absolute Gasteiger partial charge is 0.251 e. The van der Waals surface area contributed by atoms with Crippen LogP contribution in [0.5, 0.6) is 5.75 Å². The number of amides is 2. The van der Waals surface area contributed by atoms with E-state index in [0.717, 1.165) is 0 Å². The van der Waals surface area contributed by atoms with Crippen molar-refractivity contribution < 1.29 is 27.5 Å². The minimum atomic E-state index is -3.46. The first-order chi connectivity index (χ1) is 13.7. The van der Waals surface area contributed by atoms with E-state index in [1.165, 1.54) is 11.4 Å². The van der Waals surface area contributed by atoms with Crippen molar-refractivity contribution in [3.05, 3.63) is 29.8 Å². The molecule has 1 atom stereocenters. The van der Waals surface area contributed by atoms with Gasteiger partial charge in [-0.3, -0.25) is 9.59 Å². The summed E-state index contributed by atoms with van der Waals surface area (Å²) in [5, 5.41) is 5.34. The van der Waals surface area contributed by atoms with Crippen LogP contribution >= 0.6 is 0 Å². The fourth-order valence-electron chi connectivity index (χ4n) is 2.87. The number of morpholine rings is 1. The molecule has 10 heteroatoms. The molecule has 1 aliphatic rings. The van der Waals surface area contributed by atoms with Crippen LogP contribution in [0.1, 0.15) is 24.2 Å².